The van der Waals surface area contributed by atoms with Crippen LogP contribution < -0.4 is 0 Å². The van der Waals surface area contributed by atoms with Crippen LogP contribution in [0.1, 0.15) is 46.0 Å². The summed E-state index contributed by atoms with van der Waals surface area (Å²) in [6.45, 7) is 4.24. The quantitative estimate of drug-likeness (QED) is 0.426. The normalized spacial score (nSPS) is 13.7. The van der Waals surface area contributed by atoms with Gasteiger partial charge in [-0.25, -0.2) is 0 Å². The van der Waals surface area contributed by atoms with Crippen LogP contribution in [0.5, 0.6) is 0 Å². The third kappa shape index (κ3) is 13.0. The second-order valence-corrected chi connectivity index (χ2v) is 3.47. The molecule has 0 bridgehead atoms. The maximum atomic E-state index is 2.27. The van der Waals surface area contributed by atoms with E-state index in [1.165, 1.54) is 25.7 Å². The smallest absolute Gasteiger partial charge is 0.0163 e. The van der Waals surface area contributed by atoms with Crippen molar-refractivity contribution in [2.45, 2.75) is 46.0 Å². The topological polar surface area (TPSA) is 0 Å². The van der Waals surface area contributed by atoms with Gasteiger partial charge in [-0.05, 0) is 39.0 Å². The van der Waals surface area contributed by atoms with Gasteiger partial charge in [0.15, 0.2) is 0 Å². The highest BCUT2D eigenvalue weighted by Crippen LogP contribution is 1.98. The van der Waals surface area contributed by atoms with Gasteiger partial charge in [0.05, 0.1) is 0 Å². The van der Waals surface area contributed by atoms with Gasteiger partial charge in [0.1, 0.15) is 0 Å². The monoisotopic (exact) mass is 204 g/mol. The molecule has 84 valence electrons. The summed E-state index contributed by atoms with van der Waals surface area (Å²) in [5.41, 5.74) is 0. The Labute approximate surface area is 95.1 Å². The fourth-order valence-electron chi connectivity index (χ4n) is 1.20. The zero-order valence-electron chi connectivity index (χ0n) is 10.2. The minimum absolute atomic E-state index is 1.14. The SMILES string of the molecule is C1=CCC=C1.CC=CCCCC=CCC. The van der Waals surface area contributed by atoms with Gasteiger partial charge in [0.25, 0.3) is 0 Å². The average molecular weight is 204 g/mol. The zero-order valence-corrected chi connectivity index (χ0v) is 10.2. The van der Waals surface area contributed by atoms with E-state index >= 15 is 0 Å². The lowest BCUT2D eigenvalue weighted by Gasteiger charge is -1.88. The lowest BCUT2D eigenvalue weighted by molar-refractivity contribution is 0.864. The van der Waals surface area contributed by atoms with Gasteiger partial charge < -0.3 is 0 Å². The Morgan fingerprint density at radius 3 is 2.13 bits per heavy atom. The molecule has 0 fully saturated rings. The van der Waals surface area contributed by atoms with E-state index in [2.05, 4.69) is 62.5 Å². The molecule has 1 aliphatic carbocycles. The summed E-state index contributed by atoms with van der Waals surface area (Å²) in [4.78, 5) is 0. The predicted molar refractivity (Wildman–Crippen MR) is 71.0 cm³/mol. The summed E-state index contributed by atoms with van der Waals surface area (Å²) in [6, 6.07) is 0. The molecule has 0 unspecified atom stereocenters. The molecule has 0 spiro atoms. The van der Waals surface area contributed by atoms with Crippen molar-refractivity contribution in [1.82, 2.24) is 0 Å². The third-order valence-corrected chi connectivity index (χ3v) is 2.04. The first-order valence-electron chi connectivity index (χ1n) is 5.99. The number of rotatable bonds is 5. The van der Waals surface area contributed by atoms with Crippen molar-refractivity contribution >= 4 is 0 Å². The fourth-order valence-corrected chi connectivity index (χ4v) is 1.20. The Morgan fingerprint density at radius 1 is 1.00 bits per heavy atom. The van der Waals surface area contributed by atoms with Gasteiger partial charge in [0, 0.05) is 0 Å². The van der Waals surface area contributed by atoms with Gasteiger partial charge in [-0.3, -0.25) is 0 Å². The van der Waals surface area contributed by atoms with Crippen molar-refractivity contribution in [3.63, 3.8) is 0 Å². The summed E-state index contributed by atoms with van der Waals surface area (Å²) >= 11 is 0. The van der Waals surface area contributed by atoms with Crippen molar-refractivity contribution in [2.75, 3.05) is 0 Å². The Kier molecular flexibility index (Phi) is 12.1. The van der Waals surface area contributed by atoms with Gasteiger partial charge >= 0.3 is 0 Å². The van der Waals surface area contributed by atoms with E-state index in [4.69, 9.17) is 0 Å². The highest BCUT2D eigenvalue weighted by molar-refractivity contribution is 5.11. The van der Waals surface area contributed by atoms with E-state index in [1.54, 1.807) is 0 Å². The molecule has 1 aliphatic rings. The van der Waals surface area contributed by atoms with Crippen LogP contribution in [-0.2, 0) is 0 Å². The Morgan fingerprint density at radius 2 is 1.67 bits per heavy atom. The largest absolute Gasteiger partial charge is 0.0917 e. The highest BCUT2D eigenvalue weighted by atomic mass is 13.8. The molecule has 0 amide bonds. The van der Waals surface area contributed by atoms with Crippen molar-refractivity contribution < 1.29 is 0 Å². The second-order valence-electron chi connectivity index (χ2n) is 3.47. The summed E-state index contributed by atoms with van der Waals surface area (Å²) < 4.78 is 0. The summed E-state index contributed by atoms with van der Waals surface area (Å²) in [5.74, 6) is 0. The molecule has 0 saturated heterocycles. The first-order valence-corrected chi connectivity index (χ1v) is 5.99. The molecule has 15 heavy (non-hydrogen) atoms. The standard InChI is InChI=1S/C10H18.C5H6/c1-3-5-7-9-10-8-6-4-2;1-2-4-5-3-1/h3,5-6,8H,4,7,9-10H2,1-2H3;1-4H,5H2. The molecular formula is C15H24. The summed E-state index contributed by atoms with van der Waals surface area (Å²) in [5, 5.41) is 0. The van der Waals surface area contributed by atoms with Crippen LogP contribution in [0.4, 0.5) is 0 Å². The minimum Gasteiger partial charge on any atom is -0.0917 e. The highest BCUT2D eigenvalue weighted by Gasteiger charge is 1.77. The molecular weight excluding hydrogens is 180 g/mol. The zero-order chi connectivity index (χ0) is 11.2. The maximum absolute atomic E-state index is 2.27. The number of unbranched alkanes of at least 4 members (excludes halogenated alkanes) is 2. The molecule has 0 aromatic rings. The van der Waals surface area contributed by atoms with Gasteiger partial charge in [-0.1, -0.05) is 55.5 Å². The lowest BCUT2D eigenvalue weighted by atomic mass is 10.2. The molecule has 0 heterocycles. The molecule has 0 atom stereocenters. The predicted octanol–water partition coefficient (Wildman–Crippen LogP) is 5.20. The van der Waals surface area contributed by atoms with Crippen LogP contribution in [0.3, 0.4) is 0 Å². The average Bonchev–Trinajstić information content (AvgIpc) is 2.82. The van der Waals surface area contributed by atoms with Crippen molar-refractivity contribution in [1.29, 1.82) is 0 Å². The van der Waals surface area contributed by atoms with E-state index < -0.39 is 0 Å². The van der Waals surface area contributed by atoms with Crippen LogP contribution in [0, 0.1) is 0 Å². The molecule has 0 aromatic carbocycles. The van der Waals surface area contributed by atoms with E-state index in [9.17, 15) is 0 Å². The lowest BCUT2D eigenvalue weighted by Crippen LogP contribution is -1.67. The minimum atomic E-state index is 1.14. The van der Waals surface area contributed by atoms with Crippen molar-refractivity contribution in [2.24, 2.45) is 0 Å². The first kappa shape index (κ1) is 14.0. The number of hydrogen-bond donors (Lipinski definition) is 0. The molecule has 0 aromatic heterocycles. The first-order chi connectivity index (χ1) is 7.41. The molecule has 0 nitrogen and oxygen atoms in total. The van der Waals surface area contributed by atoms with E-state index in [-0.39, 0.29) is 0 Å². The van der Waals surface area contributed by atoms with Gasteiger partial charge in [-0.2, -0.15) is 0 Å². The second kappa shape index (κ2) is 13.0. The fraction of sp³-hybridized carbons (Fsp3) is 0.467. The molecule has 0 radical (unpaired) electrons. The number of hydrogen-bond acceptors (Lipinski definition) is 0. The van der Waals surface area contributed by atoms with Gasteiger partial charge in [-0.15, -0.1) is 0 Å². The maximum Gasteiger partial charge on any atom is -0.0163 e. The summed E-state index contributed by atoms with van der Waals surface area (Å²) in [6.07, 6.45) is 23.3. The Balaban J connectivity index is 0.000000322. The van der Waals surface area contributed by atoms with Gasteiger partial charge in [0.2, 0.25) is 0 Å². The van der Waals surface area contributed by atoms with Crippen LogP contribution in [0.15, 0.2) is 48.6 Å². The molecule has 0 saturated carbocycles. The molecule has 0 N–H and O–H groups in total. The Hall–Kier alpha value is -1.04. The van der Waals surface area contributed by atoms with E-state index in [0.717, 1.165) is 6.42 Å². The third-order valence-electron chi connectivity index (χ3n) is 2.04. The molecule has 0 heteroatoms. The van der Waals surface area contributed by atoms with Crippen LogP contribution in [-0.4, -0.2) is 0 Å². The van der Waals surface area contributed by atoms with E-state index in [0.29, 0.717) is 0 Å². The van der Waals surface area contributed by atoms with Crippen LogP contribution in [0.25, 0.3) is 0 Å². The van der Waals surface area contributed by atoms with Crippen LogP contribution >= 0.6 is 0 Å². The number of allylic oxidation sites excluding steroid dienone is 8. The van der Waals surface area contributed by atoms with Crippen LogP contribution in [0.2, 0.25) is 0 Å². The molecule has 0 aliphatic heterocycles. The van der Waals surface area contributed by atoms with Crippen molar-refractivity contribution in [3.05, 3.63) is 48.6 Å². The Bertz CT molecular complexity index is 206. The summed E-state index contributed by atoms with van der Waals surface area (Å²) in [7, 11) is 0. The van der Waals surface area contributed by atoms with Crippen molar-refractivity contribution in [3.8, 4) is 0 Å². The van der Waals surface area contributed by atoms with E-state index in [1.807, 2.05) is 0 Å². The molecule has 1 rings (SSSR count).